The normalized spacial score (nSPS) is 17.1. The van der Waals surface area contributed by atoms with Crippen LogP contribution in [0.15, 0.2) is 48.0 Å². The summed E-state index contributed by atoms with van der Waals surface area (Å²) < 4.78 is 0. The van der Waals surface area contributed by atoms with Crippen molar-refractivity contribution in [3.05, 3.63) is 64.7 Å². The van der Waals surface area contributed by atoms with Crippen LogP contribution < -0.4 is 0 Å². The van der Waals surface area contributed by atoms with Crippen LogP contribution in [-0.4, -0.2) is 0 Å². The van der Waals surface area contributed by atoms with E-state index >= 15 is 0 Å². The third-order valence-electron chi connectivity index (χ3n) is 5.60. The third-order valence-corrected chi connectivity index (χ3v) is 5.60. The van der Waals surface area contributed by atoms with E-state index in [9.17, 15) is 0 Å². The van der Waals surface area contributed by atoms with E-state index < -0.39 is 0 Å². The summed E-state index contributed by atoms with van der Waals surface area (Å²) in [7, 11) is 0. The summed E-state index contributed by atoms with van der Waals surface area (Å²) in [6.07, 6.45) is 12.2. The van der Waals surface area contributed by atoms with Crippen molar-refractivity contribution in [1.82, 2.24) is 0 Å². The molecule has 24 heavy (non-hydrogen) atoms. The molecule has 0 saturated heterocycles. The number of benzene rings is 2. The molecule has 1 saturated carbocycles. The maximum absolute atomic E-state index is 2.50. The van der Waals surface area contributed by atoms with Crippen LogP contribution in [0, 0.1) is 12.8 Å². The van der Waals surface area contributed by atoms with Crippen molar-refractivity contribution in [3.63, 3.8) is 0 Å². The van der Waals surface area contributed by atoms with Crippen molar-refractivity contribution < 1.29 is 26.2 Å². The van der Waals surface area contributed by atoms with Gasteiger partial charge in [0.05, 0.1) is 0 Å². The Morgan fingerprint density at radius 1 is 0.917 bits per heavy atom. The Labute approximate surface area is 165 Å². The largest absolute Gasteiger partial charge is 0.0649 e. The summed E-state index contributed by atoms with van der Waals surface area (Å²) in [6, 6.07) is 15.8. The molecule has 0 atom stereocenters. The van der Waals surface area contributed by atoms with Gasteiger partial charge in [-0.25, -0.2) is 0 Å². The molecule has 0 spiro atoms. The van der Waals surface area contributed by atoms with E-state index in [1.54, 1.807) is 5.57 Å². The molecule has 2 aromatic carbocycles. The van der Waals surface area contributed by atoms with Gasteiger partial charge < -0.3 is 0 Å². The topological polar surface area (TPSA) is 0 Å². The molecule has 4 rings (SSSR count). The molecule has 0 unspecified atom stereocenters. The minimum atomic E-state index is 0. The van der Waals surface area contributed by atoms with E-state index in [0.29, 0.717) is 0 Å². The first-order chi connectivity index (χ1) is 11.3. The van der Waals surface area contributed by atoms with Crippen LogP contribution in [0.3, 0.4) is 0 Å². The second-order valence-electron chi connectivity index (χ2n) is 7.43. The van der Waals surface area contributed by atoms with Crippen molar-refractivity contribution in [1.29, 1.82) is 0 Å². The molecular weight excluding hydrogens is 367 g/mol. The predicted molar refractivity (Wildman–Crippen MR) is 99.5 cm³/mol. The van der Waals surface area contributed by atoms with Gasteiger partial charge in [-0.15, -0.1) is 0 Å². The van der Waals surface area contributed by atoms with E-state index in [2.05, 4.69) is 55.5 Å². The van der Waals surface area contributed by atoms with Gasteiger partial charge in [0.25, 0.3) is 0 Å². The average molecular weight is 394 g/mol. The average Bonchev–Trinajstić information content (AvgIpc) is 2.99. The fourth-order valence-corrected chi connectivity index (χ4v) is 4.32. The summed E-state index contributed by atoms with van der Waals surface area (Å²) in [6.45, 7) is 2.15. The van der Waals surface area contributed by atoms with Gasteiger partial charge in [-0.1, -0.05) is 91.8 Å². The van der Waals surface area contributed by atoms with E-state index in [0.717, 1.165) is 5.92 Å². The van der Waals surface area contributed by atoms with Gasteiger partial charge >= 0.3 is 0 Å². The third kappa shape index (κ3) is 3.83. The Bertz CT molecular complexity index is 718. The van der Waals surface area contributed by atoms with Crippen LogP contribution in [0.2, 0.25) is 0 Å². The second kappa shape index (κ2) is 7.96. The smallest absolute Gasteiger partial charge is 0 e. The molecule has 122 valence electrons. The van der Waals surface area contributed by atoms with Crippen molar-refractivity contribution >= 4 is 6.08 Å². The fourth-order valence-electron chi connectivity index (χ4n) is 4.32. The molecular formula is C23H26Zr. The van der Waals surface area contributed by atoms with Crippen LogP contribution in [0.5, 0.6) is 0 Å². The zero-order chi connectivity index (χ0) is 15.6. The van der Waals surface area contributed by atoms with Gasteiger partial charge in [0, 0.05) is 26.2 Å². The minimum absolute atomic E-state index is 0. The maximum Gasteiger partial charge on any atom is 0 e. The zero-order valence-electron chi connectivity index (χ0n) is 14.6. The molecule has 0 heterocycles. The van der Waals surface area contributed by atoms with Crippen LogP contribution in [-0.2, 0) is 32.6 Å². The van der Waals surface area contributed by atoms with Crippen LogP contribution in [0.1, 0.15) is 55.2 Å². The standard InChI is InChI=1S/C23H26.Zr/c1-17-10-12-20(13-11-17)22-9-5-8-21-15-19(16-23(21)22)14-18-6-3-2-4-7-18;/h5,8-13,16,18H,2-4,6-7,14-15H2,1H3;. The summed E-state index contributed by atoms with van der Waals surface area (Å²) in [5.74, 6) is 0.937. The van der Waals surface area contributed by atoms with Crippen molar-refractivity contribution in [2.45, 2.75) is 51.9 Å². The predicted octanol–water partition coefficient (Wildman–Crippen LogP) is 6.57. The Kier molecular flexibility index (Phi) is 5.93. The molecule has 2 aromatic rings. The molecule has 0 aliphatic heterocycles. The molecule has 0 bridgehead atoms. The van der Waals surface area contributed by atoms with Gasteiger partial charge in [0.2, 0.25) is 0 Å². The number of allylic oxidation sites excluding steroid dienone is 1. The first-order valence-corrected chi connectivity index (χ1v) is 9.18. The first-order valence-electron chi connectivity index (χ1n) is 9.18. The Morgan fingerprint density at radius 3 is 2.42 bits per heavy atom. The number of aryl methyl sites for hydroxylation is 1. The van der Waals surface area contributed by atoms with E-state index in [1.165, 1.54) is 72.8 Å². The Morgan fingerprint density at radius 2 is 1.67 bits per heavy atom. The molecule has 0 amide bonds. The maximum atomic E-state index is 2.50. The van der Waals surface area contributed by atoms with Crippen LogP contribution >= 0.6 is 0 Å². The molecule has 2 aliphatic carbocycles. The minimum Gasteiger partial charge on any atom is -0.0649 e. The van der Waals surface area contributed by atoms with Crippen molar-refractivity contribution in [2.75, 3.05) is 0 Å². The van der Waals surface area contributed by atoms with Crippen molar-refractivity contribution in [3.8, 4) is 11.1 Å². The van der Waals surface area contributed by atoms with E-state index in [1.807, 2.05) is 0 Å². The van der Waals surface area contributed by atoms with E-state index in [4.69, 9.17) is 0 Å². The van der Waals surface area contributed by atoms with Gasteiger partial charge in [0.1, 0.15) is 0 Å². The molecule has 0 radical (unpaired) electrons. The van der Waals surface area contributed by atoms with Crippen LogP contribution in [0.25, 0.3) is 17.2 Å². The summed E-state index contributed by atoms with van der Waals surface area (Å²) in [5, 5.41) is 0. The summed E-state index contributed by atoms with van der Waals surface area (Å²) >= 11 is 0. The molecule has 0 nitrogen and oxygen atoms in total. The van der Waals surface area contributed by atoms with Crippen LogP contribution in [0.4, 0.5) is 0 Å². The van der Waals surface area contributed by atoms with Gasteiger partial charge in [-0.3, -0.25) is 0 Å². The van der Waals surface area contributed by atoms with Gasteiger partial charge in [-0.05, 0) is 47.9 Å². The first kappa shape index (κ1) is 17.9. The fraction of sp³-hybridized carbons (Fsp3) is 0.391. The Balaban J connectivity index is 0.00000169. The molecule has 0 N–H and O–H groups in total. The zero-order valence-corrected chi connectivity index (χ0v) is 17.1. The van der Waals surface area contributed by atoms with Crippen molar-refractivity contribution in [2.24, 2.45) is 5.92 Å². The van der Waals surface area contributed by atoms with Gasteiger partial charge in [-0.2, -0.15) is 0 Å². The molecule has 1 fully saturated rings. The SMILES string of the molecule is Cc1ccc(-c2cccc3c2C=C(CC2CCCCC2)C3)cc1.[Zr]. The number of fused-ring (bicyclic) bond motifs is 1. The number of rotatable bonds is 3. The van der Waals surface area contributed by atoms with E-state index in [-0.39, 0.29) is 26.2 Å². The van der Waals surface area contributed by atoms with Gasteiger partial charge in [0.15, 0.2) is 0 Å². The number of hydrogen-bond acceptors (Lipinski definition) is 0. The summed E-state index contributed by atoms with van der Waals surface area (Å²) in [4.78, 5) is 0. The molecule has 1 heteroatoms. The molecule has 0 aromatic heterocycles. The molecule has 2 aliphatic rings. The summed E-state index contributed by atoms with van der Waals surface area (Å²) in [5.41, 5.74) is 8.74. The second-order valence-corrected chi connectivity index (χ2v) is 7.43. The number of hydrogen-bond donors (Lipinski definition) is 0. The quantitative estimate of drug-likeness (QED) is 0.553. The monoisotopic (exact) mass is 392 g/mol. The Hall–Kier alpha value is -0.937.